The lowest BCUT2D eigenvalue weighted by molar-refractivity contribution is -0.134. The highest BCUT2D eigenvalue weighted by Gasteiger charge is 2.33. The summed E-state index contributed by atoms with van der Waals surface area (Å²) in [4.78, 5) is 66.5. The molecule has 0 spiro atoms. The van der Waals surface area contributed by atoms with E-state index in [1.807, 2.05) is 6.07 Å². The second-order valence-electron chi connectivity index (χ2n) is 10.5. The van der Waals surface area contributed by atoms with Gasteiger partial charge >= 0.3 is 0 Å². The maximum Gasteiger partial charge on any atom is 0.245 e. The summed E-state index contributed by atoms with van der Waals surface area (Å²) in [6, 6.07) is 9.08. The van der Waals surface area contributed by atoms with Gasteiger partial charge in [-0.3, -0.25) is 24.0 Å². The van der Waals surface area contributed by atoms with E-state index in [2.05, 4.69) is 26.6 Å². The number of phenols is 1. The Hall–Kier alpha value is -4.49. The SMILES string of the molecule is C[C@@H]1NC(=O)[C@@H](CCCCN)NC(=O)[C@H](Cc2ccccc2)NC(=O)[C@H](Cc2ccc(O)cc2)NC(=O)[C@H](CO)NC1=O. The number of phenolic OH excluding ortho intramolecular Hbond substituents is 1. The van der Waals surface area contributed by atoms with Crippen molar-refractivity contribution in [1.29, 1.82) is 0 Å². The van der Waals surface area contributed by atoms with E-state index in [1.54, 1.807) is 36.4 Å². The van der Waals surface area contributed by atoms with Crippen LogP contribution >= 0.6 is 0 Å². The first-order chi connectivity index (χ1) is 20.6. The normalized spacial score (nSPS) is 24.0. The fraction of sp³-hybridized carbons (Fsp3) is 0.433. The molecule has 1 saturated heterocycles. The Kier molecular flexibility index (Phi) is 12.5. The summed E-state index contributed by atoms with van der Waals surface area (Å²) in [5, 5.41) is 32.5. The summed E-state index contributed by atoms with van der Waals surface area (Å²) < 4.78 is 0. The lowest BCUT2D eigenvalue weighted by Gasteiger charge is -2.26. The summed E-state index contributed by atoms with van der Waals surface area (Å²) in [6.45, 7) is 1.03. The summed E-state index contributed by atoms with van der Waals surface area (Å²) >= 11 is 0. The number of rotatable bonds is 9. The number of aromatic hydroxyl groups is 1. The Morgan fingerprint density at radius 1 is 0.628 bits per heavy atom. The van der Waals surface area contributed by atoms with E-state index < -0.39 is 66.4 Å². The maximum absolute atomic E-state index is 13.7. The van der Waals surface area contributed by atoms with Crippen molar-refractivity contribution >= 4 is 29.5 Å². The third-order valence-corrected chi connectivity index (χ3v) is 7.07. The first-order valence-electron chi connectivity index (χ1n) is 14.3. The zero-order valence-corrected chi connectivity index (χ0v) is 24.0. The van der Waals surface area contributed by atoms with Gasteiger partial charge in [-0.25, -0.2) is 0 Å². The zero-order chi connectivity index (χ0) is 31.4. The Morgan fingerprint density at radius 2 is 1.12 bits per heavy atom. The molecule has 0 aliphatic carbocycles. The third kappa shape index (κ3) is 10.1. The summed E-state index contributed by atoms with van der Waals surface area (Å²) in [7, 11) is 0. The molecule has 232 valence electrons. The zero-order valence-electron chi connectivity index (χ0n) is 24.0. The topological polar surface area (TPSA) is 212 Å². The molecule has 0 saturated carbocycles. The number of benzene rings is 2. The van der Waals surface area contributed by atoms with Gasteiger partial charge in [0.1, 0.15) is 36.0 Å². The molecule has 13 nitrogen and oxygen atoms in total. The number of hydrogen-bond acceptors (Lipinski definition) is 8. The van der Waals surface area contributed by atoms with Crippen LogP contribution in [0.4, 0.5) is 0 Å². The summed E-state index contributed by atoms with van der Waals surface area (Å²) in [6.07, 6.45) is 1.42. The average molecular weight is 597 g/mol. The van der Waals surface area contributed by atoms with Gasteiger partial charge in [-0.2, -0.15) is 0 Å². The van der Waals surface area contributed by atoms with Crippen LogP contribution in [0.5, 0.6) is 5.75 Å². The van der Waals surface area contributed by atoms with Crippen molar-refractivity contribution in [2.45, 2.75) is 69.2 Å². The van der Waals surface area contributed by atoms with Crippen LogP contribution in [-0.2, 0) is 36.8 Å². The molecule has 43 heavy (non-hydrogen) atoms. The second kappa shape index (κ2) is 16.2. The van der Waals surface area contributed by atoms with Gasteiger partial charge in [0, 0.05) is 12.8 Å². The molecule has 5 atom stereocenters. The van der Waals surface area contributed by atoms with Crippen LogP contribution in [0.2, 0.25) is 0 Å². The molecule has 1 aliphatic heterocycles. The molecule has 2 aromatic carbocycles. The number of carbonyl (C=O) groups is 5. The van der Waals surface area contributed by atoms with Gasteiger partial charge in [0.25, 0.3) is 0 Å². The molecule has 5 amide bonds. The minimum absolute atomic E-state index is 0.0141. The molecular weight excluding hydrogens is 556 g/mol. The lowest BCUT2D eigenvalue weighted by atomic mass is 10.0. The standard InChI is InChI=1S/C30H40N6O7/c1-18-26(39)36-25(17-37)30(43)35-24(16-20-10-12-21(38)13-11-20)29(42)34-23(15-19-7-3-2-4-8-19)28(41)33-22(27(40)32-18)9-5-6-14-31/h2-4,7-8,10-13,18,22-25,37-38H,5-6,9,14-17,31H2,1H3,(H,32,40)(H,33,41)(H,34,42)(H,35,43)(H,36,39)/t18-,22+,23-,24-,25-/m0/s1. The predicted octanol–water partition coefficient (Wildman–Crippen LogP) is -1.24. The number of amides is 5. The van der Waals surface area contributed by atoms with Gasteiger partial charge in [-0.05, 0) is 56.0 Å². The number of carbonyl (C=O) groups excluding carboxylic acids is 5. The van der Waals surface area contributed by atoms with Crippen molar-refractivity contribution in [3.05, 3.63) is 65.7 Å². The molecule has 1 heterocycles. The van der Waals surface area contributed by atoms with Gasteiger partial charge in [0.2, 0.25) is 29.5 Å². The van der Waals surface area contributed by atoms with Gasteiger partial charge < -0.3 is 42.5 Å². The number of unbranched alkanes of at least 4 members (excludes halogenated alkanes) is 1. The van der Waals surface area contributed by atoms with Crippen LogP contribution in [0.15, 0.2) is 54.6 Å². The monoisotopic (exact) mass is 596 g/mol. The fourth-order valence-corrected chi connectivity index (χ4v) is 4.58. The van der Waals surface area contributed by atoms with E-state index in [9.17, 15) is 34.2 Å². The highest BCUT2D eigenvalue weighted by atomic mass is 16.3. The van der Waals surface area contributed by atoms with Crippen molar-refractivity contribution in [3.63, 3.8) is 0 Å². The second-order valence-corrected chi connectivity index (χ2v) is 10.5. The molecule has 13 heteroatoms. The van der Waals surface area contributed by atoms with E-state index in [-0.39, 0.29) is 25.0 Å². The maximum atomic E-state index is 13.7. The van der Waals surface area contributed by atoms with E-state index in [1.165, 1.54) is 19.1 Å². The van der Waals surface area contributed by atoms with E-state index in [0.717, 1.165) is 5.56 Å². The Balaban J connectivity index is 2.00. The summed E-state index contributed by atoms with van der Waals surface area (Å²) in [5.41, 5.74) is 6.95. The smallest absolute Gasteiger partial charge is 0.245 e. The summed E-state index contributed by atoms with van der Waals surface area (Å²) in [5.74, 6) is -3.52. The van der Waals surface area contributed by atoms with Crippen molar-refractivity contribution in [1.82, 2.24) is 26.6 Å². The number of nitrogens with one attached hydrogen (secondary N) is 5. The molecule has 1 fully saturated rings. The quantitative estimate of drug-likeness (QED) is 0.164. The van der Waals surface area contributed by atoms with Crippen LogP contribution in [-0.4, -0.2) is 83.1 Å². The lowest BCUT2D eigenvalue weighted by Crippen LogP contribution is -2.59. The highest BCUT2D eigenvalue weighted by molar-refractivity contribution is 5.98. The number of hydrogen-bond donors (Lipinski definition) is 8. The molecule has 0 radical (unpaired) electrons. The first kappa shape index (κ1) is 33.0. The van der Waals surface area contributed by atoms with E-state index in [4.69, 9.17) is 5.73 Å². The highest BCUT2D eigenvalue weighted by Crippen LogP contribution is 2.13. The molecule has 3 rings (SSSR count). The first-order valence-corrected chi connectivity index (χ1v) is 14.3. The van der Waals surface area contributed by atoms with Crippen LogP contribution in [0, 0.1) is 0 Å². The molecular formula is C30H40N6O7. The van der Waals surface area contributed by atoms with Crippen molar-refractivity contribution in [3.8, 4) is 5.75 Å². The minimum atomic E-state index is -1.42. The van der Waals surface area contributed by atoms with Crippen molar-refractivity contribution < 1.29 is 34.2 Å². The molecule has 0 bridgehead atoms. The van der Waals surface area contributed by atoms with Crippen molar-refractivity contribution in [2.24, 2.45) is 5.73 Å². The molecule has 1 aliphatic rings. The molecule has 0 aromatic heterocycles. The Labute approximate surface area is 250 Å². The van der Waals surface area contributed by atoms with Crippen LogP contribution in [0.25, 0.3) is 0 Å². The fourth-order valence-electron chi connectivity index (χ4n) is 4.58. The largest absolute Gasteiger partial charge is 0.508 e. The molecule has 2 aromatic rings. The average Bonchev–Trinajstić information content (AvgIpc) is 2.99. The third-order valence-electron chi connectivity index (χ3n) is 7.07. The van der Waals surface area contributed by atoms with E-state index >= 15 is 0 Å². The number of aliphatic hydroxyl groups is 1. The van der Waals surface area contributed by atoms with Gasteiger partial charge in [-0.15, -0.1) is 0 Å². The molecule has 0 unspecified atom stereocenters. The van der Waals surface area contributed by atoms with E-state index in [0.29, 0.717) is 24.9 Å². The van der Waals surface area contributed by atoms with Gasteiger partial charge in [0.05, 0.1) is 6.61 Å². The Morgan fingerprint density at radius 3 is 1.67 bits per heavy atom. The number of aliphatic hydroxyl groups excluding tert-OH is 1. The van der Waals surface area contributed by atoms with Crippen LogP contribution < -0.4 is 32.3 Å². The van der Waals surface area contributed by atoms with Gasteiger partial charge in [0.15, 0.2) is 0 Å². The predicted molar refractivity (Wildman–Crippen MR) is 157 cm³/mol. The van der Waals surface area contributed by atoms with Crippen LogP contribution in [0.3, 0.4) is 0 Å². The van der Waals surface area contributed by atoms with Gasteiger partial charge in [-0.1, -0.05) is 42.5 Å². The van der Waals surface area contributed by atoms with Crippen molar-refractivity contribution in [2.75, 3.05) is 13.2 Å². The minimum Gasteiger partial charge on any atom is -0.508 e. The molecule has 9 N–H and O–H groups in total. The number of nitrogens with two attached hydrogens (primary N) is 1. The Bertz CT molecular complexity index is 1260. The van der Waals surface area contributed by atoms with Crippen LogP contribution in [0.1, 0.15) is 37.3 Å².